The second kappa shape index (κ2) is 6.85. The van der Waals surface area contributed by atoms with E-state index in [9.17, 15) is 0 Å². The van der Waals surface area contributed by atoms with E-state index in [0.29, 0.717) is 5.95 Å². The quantitative estimate of drug-likeness (QED) is 0.917. The molecule has 0 saturated carbocycles. The Labute approximate surface area is 129 Å². The molecule has 0 radical (unpaired) electrons. The number of aromatic nitrogens is 3. The highest BCUT2D eigenvalue weighted by molar-refractivity contribution is 7.08. The molecule has 0 atom stereocenters. The molecule has 1 aliphatic rings. The molecular weight excluding hydrogens is 282 g/mol. The summed E-state index contributed by atoms with van der Waals surface area (Å²) in [5, 5.41) is 7.43. The van der Waals surface area contributed by atoms with Gasteiger partial charge in [-0.1, -0.05) is 6.92 Å². The van der Waals surface area contributed by atoms with Crippen LogP contribution in [-0.4, -0.2) is 34.6 Å². The molecule has 0 amide bonds. The molecule has 3 rings (SSSR count). The van der Waals surface area contributed by atoms with Crippen LogP contribution < -0.4 is 10.2 Å². The maximum atomic E-state index is 4.68. The highest BCUT2D eigenvalue weighted by Gasteiger charge is 2.16. The Morgan fingerprint density at radius 3 is 2.76 bits per heavy atom. The van der Waals surface area contributed by atoms with Crippen LogP contribution in [0.25, 0.3) is 11.4 Å². The lowest BCUT2D eigenvalue weighted by Gasteiger charge is -2.27. The van der Waals surface area contributed by atoms with E-state index in [2.05, 4.69) is 48.9 Å². The summed E-state index contributed by atoms with van der Waals surface area (Å²) in [6.45, 7) is 5.10. The van der Waals surface area contributed by atoms with Crippen LogP contribution in [0.5, 0.6) is 0 Å². The van der Waals surface area contributed by atoms with Gasteiger partial charge in [0.2, 0.25) is 11.9 Å². The van der Waals surface area contributed by atoms with Gasteiger partial charge in [0.05, 0.1) is 0 Å². The van der Waals surface area contributed by atoms with Gasteiger partial charge in [-0.3, -0.25) is 0 Å². The molecule has 1 N–H and O–H groups in total. The smallest absolute Gasteiger partial charge is 0.230 e. The molecular formula is C15H21N5S. The number of thiophene rings is 1. The first-order chi connectivity index (χ1) is 10.4. The van der Waals surface area contributed by atoms with Crippen LogP contribution in [0.2, 0.25) is 0 Å². The predicted octanol–water partition coefficient (Wildman–Crippen LogP) is 3.41. The molecule has 1 fully saturated rings. The Balaban J connectivity index is 1.92. The van der Waals surface area contributed by atoms with Crippen LogP contribution >= 0.6 is 11.3 Å². The minimum Gasteiger partial charge on any atom is -0.354 e. The highest BCUT2D eigenvalue weighted by Crippen LogP contribution is 2.23. The van der Waals surface area contributed by atoms with E-state index in [-0.39, 0.29) is 0 Å². The number of hydrogen-bond donors (Lipinski definition) is 1. The van der Waals surface area contributed by atoms with Crippen molar-refractivity contribution in [3.05, 3.63) is 16.8 Å². The van der Waals surface area contributed by atoms with Gasteiger partial charge in [-0.25, -0.2) is 0 Å². The van der Waals surface area contributed by atoms with Gasteiger partial charge in [-0.15, -0.1) is 0 Å². The van der Waals surface area contributed by atoms with Crippen LogP contribution in [0.15, 0.2) is 16.8 Å². The summed E-state index contributed by atoms with van der Waals surface area (Å²) in [5.41, 5.74) is 1.07. The Hall–Kier alpha value is -1.69. The molecule has 0 aromatic carbocycles. The topological polar surface area (TPSA) is 53.9 Å². The van der Waals surface area contributed by atoms with E-state index < -0.39 is 0 Å². The predicted molar refractivity (Wildman–Crippen MR) is 88.0 cm³/mol. The summed E-state index contributed by atoms with van der Waals surface area (Å²) in [6.07, 6.45) is 4.80. The minimum absolute atomic E-state index is 0.689. The zero-order valence-electron chi connectivity index (χ0n) is 12.4. The molecule has 0 unspecified atom stereocenters. The third-order valence-electron chi connectivity index (χ3n) is 3.58. The van der Waals surface area contributed by atoms with Crippen molar-refractivity contribution in [2.75, 3.05) is 29.9 Å². The van der Waals surface area contributed by atoms with E-state index in [1.54, 1.807) is 11.3 Å². The van der Waals surface area contributed by atoms with Crippen molar-refractivity contribution < 1.29 is 0 Å². The van der Waals surface area contributed by atoms with E-state index >= 15 is 0 Å². The molecule has 0 spiro atoms. The van der Waals surface area contributed by atoms with Crippen molar-refractivity contribution in [2.24, 2.45) is 0 Å². The fraction of sp³-hybridized carbons (Fsp3) is 0.533. The molecule has 0 bridgehead atoms. The van der Waals surface area contributed by atoms with Gasteiger partial charge in [-0.05, 0) is 37.1 Å². The second-order valence-corrected chi connectivity index (χ2v) is 6.05. The highest BCUT2D eigenvalue weighted by atomic mass is 32.1. The van der Waals surface area contributed by atoms with E-state index in [0.717, 1.165) is 43.4 Å². The number of hydrogen-bond acceptors (Lipinski definition) is 6. The van der Waals surface area contributed by atoms with Crippen LogP contribution in [0, 0.1) is 0 Å². The number of nitrogens with zero attached hydrogens (tertiary/aromatic N) is 4. The van der Waals surface area contributed by atoms with Gasteiger partial charge in [0.15, 0.2) is 5.82 Å². The minimum atomic E-state index is 0.689. The summed E-state index contributed by atoms with van der Waals surface area (Å²) >= 11 is 1.67. The van der Waals surface area contributed by atoms with Crippen LogP contribution in [-0.2, 0) is 0 Å². The van der Waals surface area contributed by atoms with Gasteiger partial charge in [-0.2, -0.15) is 26.3 Å². The molecule has 5 nitrogen and oxygen atoms in total. The lowest BCUT2D eigenvalue weighted by atomic mass is 10.1. The van der Waals surface area contributed by atoms with Gasteiger partial charge in [0, 0.05) is 30.6 Å². The maximum Gasteiger partial charge on any atom is 0.230 e. The monoisotopic (exact) mass is 303 g/mol. The lowest BCUT2D eigenvalue weighted by Crippen LogP contribution is -2.31. The van der Waals surface area contributed by atoms with Crippen molar-refractivity contribution in [3.63, 3.8) is 0 Å². The average molecular weight is 303 g/mol. The van der Waals surface area contributed by atoms with Crippen molar-refractivity contribution in [2.45, 2.75) is 32.6 Å². The fourth-order valence-corrected chi connectivity index (χ4v) is 3.07. The number of nitrogens with one attached hydrogen (secondary N) is 1. The third-order valence-corrected chi connectivity index (χ3v) is 4.26. The van der Waals surface area contributed by atoms with Gasteiger partial charge >= 0.3 is 0 Å². The SMILES string of the molecule is CCCNc1nc(-c2ccsc2)nc(N2CCCCC2)n1. The van der Waals surface area contributed by atoms with E-state index in [4.69, 9.17) is 0 Å². The first kappa shape index (κ1) is 14.3. The number of anilines is 2. The lowest BCUT2D eigenvalue weighted by molar-refractivity contribution is 0.568. The van der Waals surface area contributed by atoms with Crippen LogP contribution in [0.1, 0.15) is 32.6 Å². The molecule has 6 heteroatoms. The van der Waals surface area contributed by atoms with Gasteiger partial charge in [0.25, 0.3) is 0 Å². The summed E-state index contributed by atoms with van der Waals surface area (Å²) in [6, 6.07) is 2.06. The van der Waals surface area contributed by atoms with Gasteiger partial charge < -0.3 is 10.2 Å². The fourth-order valence-electron chi connectivity index (χ4n) is 2.44. The standard InChI is InChI=1S/C15H21N5S/c1-2-7-16-14-17-13(12-6-10-21-11-12)18-15(19-14)20-8-4-3-5-9-20/h6,10-11H,2-5,7-9H2,1H3,(H,16,17,18,19). The van der Waals surface area contributed by atoms with Crippen LogP contribution in [0.4, 0.5) is 11.9 Å². The van der Waals surface area contributed by atoms with Crippen LogP contribution in [0.3, 0.4) is 0 Å². The first-order valence-electron chi connectivity index (χ1n) is 7.64. The molecule has 2 aromatic heterocycles. The van der Waals surface area contributed by atoms with Gasteiger partial charge in [0.1, 0.15) is 0 Å². The largest absolute Gasteiger partial charge is 0.354 e. The number of rotatable bonds is 5. The summed E-state index contributed by atoms with van der Waals surface area (Å²) < 4.78 is 0. The first-order valence-corrected chi connectivity index (χ1v) is 8.58. The zero-order chi connectivity index (χ0) is 14.5. The maximum absolute atomic E-state index is 4.68. The Morgan fingerprint density at radius 2 is 2.05 bits per heavy atom. The summed E-state index contributed by atoms with van der Waals surface area (Å²) in [5.74, 6) is 2.27. The van der Waals surface area contributed by atoms with E-state index in [1.165, 1.54) is 19.3 Å². The second-order valence-electron chi connectivity index (χ2n) is 5.27. The van der Waals surface area contributed by atoms with E-state index in [1.807, 2.05) is 0 Å². The summed E-state index contributed by atoms with van der Waals surface area (Å²) in [7, 11) is 0. The normalized spacial score (nSPS) is 15.2. The Kier molecular flexibility index (Phi) is 4.65. The molecule has 2 aromatic rings. The van der Waals surface area contributed by atoms with Crippen molar-refractivity contribution in [3.8, 4) is 11.4 Å². The Bertz CT molecular complexity index is 563. The molecule has 1 saturated heterocycles. The van der Waals surface area contributed by atoms with Crippen molar-refractivity contribution in [1.29, 1.82) is 0 Å². The molecule has 1 aliphatic heterocycles. The van der Waals surface area contributed by atoms with Crippen molar-refractivity contribution in [1.82, 2.24) is 15.0 Å². The third kappa shape index (κ3) is 3.50. The Morgan fingerprint density at radius 1 is 1.19 bits per heavy atom. The number of piperidine rings is 1. The van der Waals surface area contributed by atoms with Crippen molar-refractivity contribution >= 4 is 23.2 Å². The summed E-state index contributed by atoms with van der Waals surface area (Å²) in [4.78, 5) is 16.1. The molecule has 112 valence electrons. The molecule has 0 aliphatic carbocycles. The zero-order valence-corrected chi connectivity index (χ0v) is 13.2. The molecule has 3 heterocycles. The average Bonchev–Trinajstić information content (AvgIpc) is 3.08. The molecule has 21 heavy (non-hydrogen) atoms.